The Bertz CT molecular complexity index is 709. The summed E-state index contributed by atoms with van der Waals surface area (Å²) in [5.74, 6) is 0. The number of fused-ring (bicyclic) bond motifs is 1. The first-order valence-corrected chi connectivity index (χ1v) is 6.85. The number of azo groups is 1. The van der Waals surface area contributed by atoms with E-state index in [1.165, 1.54) is 6.07 Å². The molecule has 0 saturated carbocycles. The molecule has 0 aromatic heterocycles. The van der Waals surface area contributed by atoms with Gasteiger partial charge < -0.3 is 0 Å². The largest absolute Gasteiger partial charge is 0.295 e. The van der Waals surface area contributed by atoms with Crippen LogP contribution in [0, 0.1) is 0 Å². The molecule has 0 unspecified atom stereocenters. The SMILES string of the molecule is CCN=Nc1cccc2cccc(S(=O)(=O)O)c12.[HH]. The Morgan fingerprint density at radius 1 is 1.22 bits per heavy atom. The monoisotopic (exact) mass is 266 g/mol. The molecule has 0 aliphatic carbocycles. The molecule has 0 saturated heterocycles. The Kier molecular flexibility index (Phi) is 3.40. The van der Waals surface area contributed by atoms with E-state index in [1.54, 1.807) is 30.3 Å². The number of hydrogen-bond acceptors (Lipinski definition) is 4. The minimum atomic E-state index is -4.28. The third kappa shape index (κ3) is 2.39. The summed E-state index contributed by atoms with van der Waals surface area (Å²) in [5.41, 5.74) is 0.433. The van der Waals surface area contributed by atoms with Crippen molar-refractivity contribution in [3.05, 3.63) is 36.4 Å². The molecule has 0 bridgehead atoms. The molecule has 0 heterocycles. The molecule has 1 N–H and O–H groups in total. The number of nitrogens with zero attached hydrogens (tertiary/aromatic N) is 2. The molecular formula is C12H14N2O3S. The molecule has 2 aromatic carbocycles. The van der Waals surface area contributed by atoms with Crippen molar-refractivity contribution in [1.82, 2.24) is 0 Å². The van der Waals surface area contributed by atoms with Gasteiger partial charge in [-0.25, -0.2) is 0 Å². The van der Waals surface area contributed by atoms with Crippen LogP contribution in [-0.4, -0.2) is 19.5 Å². The second-order valence-corrected chi connectivity index (χ2v) is 5.05. The smallest absolute Gasteiger partial charge is 0.282 e. The highest BCUT2D eigenvalue weighted by Crippen LogP contribution is 2.31. The van der Waals surface area contributed by atoms with Gasteiger partial charge in [-0.3, -0.25) is 4.55 Å². The van der Waals surface area contributed by atoms with E-state index in [0.717, 1.165) is 0 Å². The van der Waals surface area contributed by atoms with E-state index in [9.17, 15) is 13.0 Å². The zero-order valence-corrected chi connectivity index (χ0v) is 10.6. The van der Waals surface area contributed by atoms with Gasteiger partial charge in [-0.15, -0.1) is 0 Å². The summed E-state index contributed by atoms with van der Waals surface area (Å²) < 4.78 is 31.9. The van der Waals surface area contributed by atoms with Crippen LogP contribution >= 0.6 is 0 Å². The molecule has 0 aliphatic heterocycles. The third-order valence-electron chi connectivity index (χ3n) is 2.44. The molecule has 0 amide bonds. The van der Waals surface area contributed by atoms with Gasteiger partial charge in [0.05, 0.1) is 12.2 Å². The minimum absolute atomic E-state index is 0. The molecule has 0 aliphatic rings. The highest BCUT2D eigenvalue weighted by Gasteiger charge is 2.16. The molecule has 5 nitrogen and oxygen atoms in total. The molecule has 6 heteroatoms. The highest BCUT2D eigenvalue weighted by molar-refractivity contribution is 7.86. The van der Waals surface area contributed by atoms with E-state index in [0.29, 0.717) is 23.0 Å². The van der Waals surface area contributed by atoms with Crippen molar-refractivity contribution in [2.75, 3.05) is 6.54 Å². The molecule has 0 fully saturated rings. The zero-order valence-electron chi connectivity index (χ0n) is 9.74. The Morgan fingerprint density at radius 2 is 1.89 bits per heavy atom. The van der Waals surface area contributed by atoms with E-state index in [4.69, 9.17) is 0 Å². The maximum atomic E-state index is 11.4. The van der Waals surface area contributed by atoms with Gasteiger partial charge in [0.15, 0.2) is 0 Å². The van der Waals surface area contributed by atoms with Crippen molar-refractivity contribution in [2.45, 2.75) is 11.8 Å². The van der Waals surface area contributed by atoms with Crippen LogP contribution in [0.25, 0.3) is 10.8 Å². The third-order valence-corrected chi connectivity index (χ3v) is 3.34. The van der Waals surface area contributed by atoms with Crippen LogP contribution in [-0.2, 0) is 10.1 Å². The Balaban J connectivity index is 0.00000180. The first-order chi connectivity index (χ1) is 8.54. The zero-order chi connectivity index (χ0) is 13.2. The summed E-state index contributed by atoms with van der Waals surface area (Å²) in [6, 6.07) is 9.87. The molecule has 2 aromatic rings. The fourth-order valence-electron chi connectivity index (χ4n) is 1.73. The van der Waals surface area contributed by atoms with Crippen LogP contribution in [0.2, 0.25) is 0 Å². The van der Waals surface area contributed by atoms with Crippen molar-refractivity contribution in [2.24, 2.45) is 10.2 Å². The second kappa shape index (κ2) is 4.83. The molecule has 0 atom stereocenters. The fraction of sp³-hybridized carbons (Fsp3) is 0.167. The summed E-state index contributed by atoms with van der Waals surface area (Å²) in [5, 5.41) is 8.92. The molecule has 0 radical (unpaired) electrons. The van der Waals surface area contributed by atoms with Crippen LogP contribution in [0.3, 0.4) is 0 Å². The Labute approximate surface area is 106 Å². The standard InChI is InChI=1S/C12H12N2O3S.H2/c1-2-13-14-10-7-3-5-9-6-4-8-11(12(9)10)18(15,16)17;/h3-8H,2H2,1H3,(H,15,16,17);1H. The van der Waals surface area contributed by atoms with Gasteiger partial charge in [0.2, 0.25) is 0 Å². The molecule has 2 rings (SSSR count). The van der Waals surface area contributed by atoms with Gasteiger partial charge in [0.1, 0.15) is 4.90 Å². The molecular weight excluding hydrogens is 252 g/mol. The van der Waals surface area contributed by atoms with Crippen LogP contribution in [0.1, 0.15) is 8.35 Å². The lowest BCUT2D eigenvalue weighted by Crippen LogP contribution is -1.98. The maximum Gasteiger partial charge on any atom is 0.295 e. The average molecular weight is 266 g/mol. The van der Waals surface area contributed by atoms with Gasteiger partial charge in [-0.1, -0.05) is 24.3 Å². The van der Waals surface area contributed by atoms with Crippen molar-refractivity contribution >= 4 is 26.6 Å². The van der Waals surface area contributed by atoms with E-state index in [-0.39, 0.29) is 6.32 Å². The Hall–Kier alpha value is -1.79. The number of benzene rings is 2. The lowest BCUT2D eigenvalue weighted by atomic mass is 10.1. The Morgan fingerprint density at radius 3 is 2.50 bits per heavy atom. The van der Waals surface area contributed by atoms with Crippen LogP contribution in [0.4, 0.5) is 5.69 Å². The first kappa shape index (κ1) is 12.7. The molecule has 0 spiro atoms. The predicted molar refractivity (Wildman–Crippen MR) is 70.9 cm³/mol. The minimum Gasteiger partial charge on any atom is -0.282 e. The van der Waals surface area contributed by atoms with Crippen molar-refractivity contribution in [3.8, 4) is 0 Å². The quantitative estimate of drug-likeness (QED) is 0.682. The van der Waals surface area contributed by atoms with Crippen molar-refractivity contribution < 1.29 is 14.4 Å². The summed E-state index contributed by atoms with van der Waals surface area (Å²) in [4.78, 5) is -0.148. The highest BCUT2D eigenvalue weighted by atomic mass is 32.2. The summed E-state index contributed by atoms with van der Waals surface area (Å²) in [6.07, 6.45) is 0. The summed E-state index contributed by atoms with van der Waals surface area (Å²) >= 11 is 0. The topological polar surface area (TPSA) is 79.1 Å². The summed E-state index contributed by atoms with van der Waals surface area (Å²) in [7, 11) is -4.28. The normalized spacial score (nSPS) is 12.3. The van der Waals surface area contributed by atoms with Gasteiger partial charge in [0, 0.05) is 6.81 Å². The lowest BCUT2D eigenvalue weighted by Gasteiger charge is -2.05. The van der Waals surface area contributed by atoms with E-state index >= 15 is 0 Å². The van der Waals surface area contributed by atoms with Crippen LogP contribution < -0.4 is 0 Å². The van der Waals surface area contributed by atoms with E-state index in [1.807, 2.05) is 6.92 Å². The van der Waals surface area contributed by atoms with Gasteiger partial charge in [0.25, 0.3) is 10.1 Å². The van der Waals surface area contributed by atoms with Crippen molar-refractivity contribution in [3.63, 3.8) is 0 Å². The molecule has 18 heavy (non-hydrogen) atoms. The number of hydrogen-bond donors (Lipinski definition) is 1. The van der Waals surface area contributed by atoms with Gasteiger partial charge in [-0.05, 0) is 24.4 Å². The van der Waals surface area contributed by atoms with Crippen LogP contribution in [0.5, 0.6) is 0 Å². The van der Waals surface area contributed by atoms with Crippen molar-refractivity contribution in [1.29, 1.82) is 0 Å². The van der Waals surface area contributed by atoms with E-state index < -0.39 is 10.1 Å². The van der Waals surface area contributed by atoms with Gasteiger partial charge >= 0.3 is 0 Å². The predicted octanol–water partition coefficient (Wildman–Crippen LogP) is 3.44. The van der Waals surface area contributed by atoms with E-state index in [2.05, 4.69) is 10.2 Å². The number of rotatable bonds is 3. The fourth-order valence-corrected chi connectivity index (χ4v) is 2.46. The van der Waals surface area contributed by atoms with Crippen LogP contribution in [0.15, 0.2) is 51.5 Å². The molecule has 96 valence electrons. The maximum absolute atomic E-state index is 11.4. The second-order valence-electron chi connectivity index (χ2n) is 3.66. The first-order valence-electron chi connectivity index (χ1n) is 5.41. The summed E-state index contributed by atoms with van der Waals surface area (Å²) in [6.45, 7) is 2.34. The average Bonchev–Trinajstić information content (AvgIpc) is 2.34. The lowest BCUT2D eigenvalue weighted by molar-refractivity contribution is 0.484. The van der Waals surface area contributed by atoms with Gasteiger partial charge in [-0.2, -0.15) is 18.6 Å².